The Morgan fingerprint density at radius 1 is 1.03 bits per heavy atom. The van der Waals surface area contributed by atoms with Crippen LogP contribution in [0.1, 0.15) is 55.4 Å². The number of morpholine rings is 1. The van der Waals surface area contributed by atoms with Gasteiger partial charge >= 0.3 is 0 Å². The first-order valence-electron chi connectivity index (χ1n) is 10.7. The van der Waals surface area contributed by atoms with Gasteiger partial charge in [0.2, 0.25) is 10.0 Å². The summed E-state index contributed by atoms with van der Waals surface area (Å²) in [6.07, 6.45) is 1.28. The molecule has 2 aliphatic heterocycles. The number of rotatable bonds is 4. The molecule has 0 aliphatic carbocycles. The molecule has 2 aromatic rings. The van der Waals surface area contributed by atoms with Crippen LogP contribution in [0.25, 0.3) is 0 Å². The van der Waals surface area contributed by atoms with Crippen molar-refractivity contribution >= 4 is 10.0 Å². The SMILES string of the molecule is Cc1ccc(S(=O)(=O)N2CCO[C@]3(CCO[C@H](c4ccc(C(C)C)cc4)C3)C2)cc1. The van der Waals surface area contributed by atoms with E-state index in [2.05, 4.69) is 38.1 Å². The number of hydrogen-bond donors (Lipinski definition) is 0. The molecule has 2 atom stereocenters. The van der Waals surface area contributed by atoms with Crippen molar-refractivity contribution in [1.82, 2.24) is 4.31 Å². The lowest BCUT2D eigenvalue weighted by molar-refractivity contribution is -0.163. The highest BCUT2D eigenvalue weighted by Gasteiger charge is 2.45. The number of ether oxygens (including phenoxy) is 2. The molecule has 2 saturated heterocycles. The zero-order valence-electron chi connectivity index (χ0n) is 18.0. The van der Waals surface area contributed by atoms with Gasteiger partial charge in [0.25, 0.3) is 0 Å². The molecule has 0 unspecified atom stereocenters. The van der Waals surface area contributed by atoms with E-state index in [0.717, 1.165) is 11.1 Å². The van der Waals surface area contributed by atoms with Gasteiger partial charge in [0.15, 0.2) is 0 Å². The van der Waals surface area contributed by atoms with Crippen LogP contribution in [0.4, 0.5) is 0 Å². The third kappa shape index (κ3) is 4.33. The van der Waals surface area contributed by atoms with E-state index in [1.807, 2.05) is 19.1 Å². The number of sulfonamides is 1. The van der Waals surface area contributed by atoms with Crippen molar-refractivity contribution in [3.8, 4) is 0 Å². The minimum Gasteiger partial charge on any atom is -0.373 e. The van der Waals surface area contributed by atoms with E-state index in [0.29, 0.717) is 50.0 Å². The second kappa shape index (κ2) is 8.42. The molecule has 0 radical (unpaired) electrons. The van der Waals surface area contributed by atoms with E-state index < -0.39 is 15.6 Å². The van der Waals surface area contributed by atoms with Crippen LogP contribution < -0.4 is 0 Å². The van der Waals surface area contributed by atoms with Gasteiger partial charge < -0.3 is 9.47 Å². The van der Waals surface area contributed by atoms with Gasteiger partial charge in [-0.15, -0.1) is 0 Å². The summed E-state index contributed by atoms with van der Waals surface area (Å²) in [5, 5.41) is 0. The molecule has 2 aromatic carbocycles. The molecule has 2 aliphatic rings. The molecular weight excluding hydrogens is 398 g/mol. The fourth-order valence-corrected chi connectivity index (χ4v) is 5.84. The molecule has 6 heteroatoms. The Morgan fingerprint density at radius 2 is 1.73 bits per heavy atom. The van der Waals surface area contributed by atoms with E-state index in [1.165, 1.54) is 5.56 Å². The molecule has 0 aromatic heterocycles. The van der Waals surface area contributed by atoms with Crippen molar-refractivity contribution < 1.29 is 17.9 Å². The maximum Gasteiger partial charge on any atom is 0.243 e. The predicted molar refractivity (Wildman–Crippen MR) is 117 cm³/mol. The Balaban J connectivity index is 1.53. The summed E-state index contributed by atoms with van der Waals surface area (Å²) >= 11 is 0. The average Bonchev–Trinajstić information content (AvgIpc) is 2.74. The fourth-order valence-electron chi connectivity index (χ4n) is 4.34. The molecule has 5 nitrogen and oxygen atoms in total. The van der Waals surface area contributed by atoms with E-state index >= 15 is 0 Å². The van der Waals surface area contributed by atoms with Crippen molar-refractivity contribution in [2.75, 3.05) is 26.3 Å². The summed E-state index contributed by atoms with van der Waals surface area (Å²) in [6, 6.07) is 15.6. The molecule has 4 rings (SSSR count). The van der Waals surface area contributed by atoms with Gasteiger partial charge in [-0.05, 0) is 36.1 Å². The summed E-state index contributed by atoms with van der Waals surface area (Å²) in [4.78, 5) is 0.345. The lowest BCUT2D eigenvalue weighted by Crippen LogP contribution is -2.56. The van der Waals surface area contributed by atoms with Crippen LogP contribution in [-0.4, -0.2) is 44.6 Å². The van der Waals surface area contributed by atoms with Gasteiger partial charge in [-0.3, -0.25) is 0 Å². The minimum atomic E-state index is -3.54. The molecule has 2 fully saturated rings. The first-order valence-corrected chi connectivity index (χ1v) is 12.2. The lowest BCUT2D eigenvalue weighted by Gasteiger charge is -2.46. The highest BCUT2D eigenvalue weighted by Crippen LogP contribution is 2.40. The van der Waals surface area contributed by atoms with Gasteiger partial charge in [0.1, 0.15) is 0 Å². The Kier molecular flexibility index (Phi) is 6.04. The van der Waals surface area contributed by atoms with E-state index in [1.54, 1.807) is 16.4 Å². The number of hydrogen-bond acceptors (Lipinski definition) is 4. The average molecular weight is 430 g/mol. The van der Waals surface area contributed by atoms with E-state index in [4.69, 9.17) is 9.47 Å². The highest BCUT2D eigenvalue weighted by molar-refractivity contribution is 7.89. The first kappa shape index (κ1) is 21.5. The van der Waals surface area contributed by atoms with Crippen molar-refractivity contribution in [3.63, 3.8) is 0 Å². The Morgan fingerprint density at radius 3 is 2.40 bits per heavy atom. The monoisotopic (exact) mass is 429 g/mol. The summed E-state index contributed by atoms with van der Waals surface area (Å²) in [6.45, 7) is 8.04. The van der Waals surface area contributed by atoms with Crippen LogP contribution in [0.15, 0.2) is 53.4 Å². The number of benzene rings is 2. The topological polar surface area (TPSA) is 55.8 Å². The van der Waals surface area contributed by atoms with Crippen LogP contribution in [0.5, 0.6) is 0 Å². The van der Waals surface area contributed by atoms with E-state index in [9.17, 15) is 8.42 Å². The zero-order chi connectivity index (χ0) is 21.4. The van der Waals surface area contributed by atoms with Crippen molar-refractivity contribution in [2.24, 2.45) is 0 Å². The molecule has 0 N–H and O–H groups in total. The summed E-state index contributed by atoms with van der Waals surface area (Å²) < 4.78 is 40.3. The molecule has 2 heterocycles. The first-order chi connectivity index (χ1) is 14.3. The zero-order valence-corrected chi connectivity index (χ0v) is 18.8. The van der Waals surface area contributed by atoms with Gasteiger partial charge in [0.05, 0.1) is 29.8 Å². The van der Waals surface area contributed by atoms with Crippen molar-refractivity contribution in [1.29, 1.82) is 0 Å². The third-order valence-corrected chi connectivity index (χ3v) is 8.14. The highest BCUT2D eigenvalue weighted by atomic mass is 32.2. The number of aryl methyl sites for hydroxylation is 1. The molecule has 162 valence electrons. The molecule has 0 saturated carbocycles. The maximum atomic E-state index is 13.2. The van der Waals surface area contributed by atoms with Crippen LogP contribution in [0.2, 0.25) is 0 Å². The second-order valence-corrected chi connectivity index (χ2v) is 10.8. The Hall–Kier alpha value is -1.73. The molecule has 30 heavy (non-hydrogen) atoms. The summed E-state index contributed by atoms with van der Waals surface area (Å²) in [7, 11) is -3.54. The summed E-state index contributed by atoms with van der Waals surface area (Å²) in [5.74, 6) is 0.486. The van der Waals surface area contributed by atoms with Crippen molar-refractivity contribution in [2.45, 2.75) is 56.1 Å². The van der Waals surface area contributed by atoms with Crippen LogP contribution in [0.3, 0.4) is 0 Å². The summed E-state index contributed by atoms with van der Waals surface area (Å²) in [5.41, 5.74) is 2.97. The quantitative estimate of drug-likeness (QED) is 0.722. The molecule has 0 bridgehead atoms. The Bertz CT molecular complexity index is 965. The smallest absolute Gasteiger partial charge is 0.243 e. The van der Waals surface area contributed by atoms with Crippen molar-refractivity contribution in [3.05, 3.63) is 65.2 Å². The van der Waals surface area contributed by atoms with Crippen LogP contribution >= 0.6 is 0 Å². The Labute approximate surface area is 180 Å². The predicted octanol–water partition coefficient (Wildman–Crippen LogP) is 4.43. The fraction of sp³-hybridized carbons (Fsp3) is 0.500. The second-order valence-electron chi connectivity index (χ2n) is 8.82. The minimum absolute atomic E-state index is 0.0815. The van der Waals surface area contributed by atoms with Gasteiger partial charge in [-0.25, -0.2) is 8.42 Å². The van der Waals surface area contributed by atoms with Crippen LogP contribution in [-0.2, 0) is 19.5 Å². The largest absolute Gasteiger partial charge is 0.373 e. The maximum absolute atomic E-state index is 13.2. The normalized spacial score (nSPS) is 25.7. The van der Waals surface area contributed by atoms with E-state index in [-0.39, 0.29) is 6.10 Å². The van der Waals surface area contributed by atoms with Gasteiger partial charge in [0, 0.05) is 25.9 Å². The molecule has 0 amide bonds. The molecule has 1 spiro atoms. The lowest BCUT2D eigenvalue weighted by atomic mass is 9.86. The standard InChI is InChI=1S/C24H31NO4S/c1-18(2)20-6-8-21(9-7-20)23-16-24(12-14-28-23)17-25(13-15-29-24)30(26,27)22-10-4-19(3)5-11-22/h4-11,18,23H,12-17H2,1-3H3/t23-,24-/m0/s1. The number of nitrogens with zero attached hydrogens (tertiary/aromatic N) is 1. The van der Waals surface area contributed by atoms with Gasteiger partial charge in [-0.2, -0.15) is 4.31 Å². The third-order valence-electron chi connectivity index (χ3n) is 6.28. The van der Waals surface area contributed by atoms with Crippen LogP contribution in [0, 0.1) is 6.92 Å². The molecular formula is C24H31NO4S. The van der Waals surface area contributed by atoms with Gasteiger partial charge in [-0.1, -0.05) is 55.8 Å².